The Balaban J connectivity index is 1.73. The molecule has 4 nitrogen and oxygen atoms in total. The van der Waals surface area contributed by atoms with Gasteiger partial charge in [0.05, 0.1) is 53.4 Å². The van der Waals surface area contributed by atoms with Crippen LogP contribution in [0.3, 0.4) is 0 Å². The molecule has 4 aromatic rings. The molecular formula is C26H20O4S4. The van der Waals surface area contributed by atoms with Crippen molar-refractivity contribution in [1.29, 1.82) is 0 Å². The normalized spacial score (nSPS) is 12.8. The molecule has 1 heterocycles. The van der Waals surface area contributed by atoms with Crippen LogP contribution in [0, 0.1) is 0 Å². The molecule has 0 spiro atoms. The molecule has 0 fully saturated rings. The molecule has 8 bridgehead atoms. The number of phenols is 2. The number of benzene rings is 4. The van der Waals surface area contributed by atoms with Gasteiger partial charge in [-0.3, -0.25) is 0 Å². The molecule has 1 aliphatic heterocycles. The van der Waals surface area contributed by atoms with Gasteiger partial charge in [0.1, 0.15) is 23.0 Å². The highest BCUT2D eigenvalue weighted by Gasteiger charge is 2.20. The van der Waals surface area contributed by atoms with E-state index < -0.39 is 0 Å². The summed E-state index contributed by atoms with van der Waals surface area (Å²) < 4.78 is 11.6. The Hall–Kier alpha value is -2.52. The molecule has 1 aliphatic rings. The predicted octanol–water partition coefficient (Wildman–Crippen LogP) is 8.03. The van der Waals surface area contributed by atoms with Gasteiger partial charge in [-0.1, -0.05) is 71.3 Å². The monoisotopic (exact) mass is 524 g/mol. The number of para-hydroxylation sites is 4. The molecule has 172 valence electrons. The zero-order valence-corrected chi connectivity index (χ0v) is 21.5. The second kappa shape index (κ2) is 10.00. The number of methoxy groups -OCH3 is 2. The van der Waals surface area contributed by atoms with Crippen molar-refractivity contribution in [3.63, 3.8) is 0 Å². The second-order valence-electron chi connectivity index (χ2n) is 7.19. The van der Waals surface area contributed by atoms with Crippen molar-refractivity contribution >= 4 is 47.0 Å². The fourth-order valence-electron chi connectivity index (χ4n) is 3.52. The molecule has 4 aromatic carbocycles. The fraction of sp³-hybridized carbons (Fsp3) is 0.0769. The van der Waals surface area contributed by atoms with E-state index in [4.69, 9.17) is 9.47 Å². The van der Waals surface area contributed by atoms with Crippen molar-refractivity contribution in [1.82, 2.24) is 0 Å². The Bertz CT molecular complexity index is 1180. The molecule has 0 aliphatic carbocycles. The highest BCUT2D eigenvalue weighted by atomic mass is 32.2. The molecule has 34 heavy (non-hydrogen) atoms. The van der Waals surface area contributed by atoms with Gasteiger partial charge in [0.2, 0.25) is 0 Å². The van der Waals surface area contributed by atoms with E-state index in [-0.39, 0.29) is 11.5 Å². The average Bonchev–Trinajstić information content (AvgIpc) is 2.84. The lowest BCUT2D eigenvalue weighted by atomic mass is 10.3. The number of ether oxygens (including phenoxy) is 2. The molecule has 0 amide bonds. The maximum Gasteiger partial charge on any atom is 0.146 e. The predicted molar refractivity (Wildman–Crippen MR) is 139 cm³/mol. The van der Waals surface area contributed by atoms with E-state index in [2.05, 4.69) is 0 Å². The Labute approximate surface area is 215 Å². The van der Waals surface area contributed by atoms with Crippen molar-refractivity contribution in [3.8, 4) is 23.0 Å². The molecule has 2 N–H and O–H groups in total. The van der Waals surface area contributed by atoms with Gasteiger partial charge in [-0.25, -0.2) is 0 Å². The minimum absolute atomic E-state index is 0.215. The number of aromatic hydroxyl groups is 2. The van der Waals surface area contributed by atoms with Gasteiger partial charge >= 0.3 is 0 Å². The van der Waals surface area contributed by atoms with Crippen LogP contribution in [0.1, 0.15) is 0 Å². The fourth-order valence-corrected chi connectivity index (χ4v) is 7.87. The first kappa shape index (κ1) is 23.2. The zero-order valence-electron chi connectivity index (χ0n) is 18.3. The van der Waals surface area contributed by atoms with Crippen LogP contribution in [-0.2, 0) is 0 Å². The van der Waals surface area contributed by atoms with E-state index >= 15 is 0 Å². The number of rotatable bonds is 2. The minimum Gasteiger partial charge on any atom is -0.506 e. The van der Waals surface area contributed by atoms with Gasteiger partial charge in [0.25, 0.3) is 0 Å². The van der Waals surface area contributed by atoms with E-state index in [9.17, 15) is 10.2 Å². The lowest BCUT2D eigenvalue weighted by molar-refractivity contribution is 0.394. The summed E-state index contributed by atoms with van der Waals surface area (Å²) in [5.41, 5.74) is 0. The molecule has 0 radical (unpaired) electrons. The van der Waals surface area contributed by atoms with Crippen LogP contribution in [-0.4, -0.2) is 24.4 Å². The van der Waals surface area contributed by atoms with E-state index in [1.807, 2.05) is 72.8 Å². The maximum absolute atomic E-state index is 11.1. The minimum atomic E-state index is 0.215. The third-order valence-electron chi connectivity index (χ3n) is 5.10. The standard InChI is InChI=1S/C26H20O4S4/c1-29-25-19-11-5-12-20(25)32-16-8-4-10-18(24(16)28)34-22-14-6-13-21(26(22)30-2)33-17-9-3-7-15(31-19)23(17)27/h3-14,27-28H,1-2H3. The quantitative estimate of drug-likeness (QED) is 0.241. The van der Waals surface area contributed by atoms with Crippen LogP contribution < -0.4 is 9.47 Å². The van der Waals surface area contributed by atoms with Crippen LogP contribution in [0.4, 0.5) is 0 Å². The SMILES string of the molecule is COc1c2cccc1Sc1cccc(c1O)Sc1cccc(c1OC)Sc1cccc(c1O)S2. The summed E-state index contributed by atoms with van der Waals surface area (Å²) in [5, 5.41) is 22.2. The van der Waals surface area contributed by atoms with Crippen LogP contribution in [0.15, 0.2) is 112 Å². The molecule has 0 aromatic heterocycles. The Kier molecular flexibility index (Phi) is 6.83. The van der Waals surface area contributed by atoms with Gasteiger partial charge in [0.15, 0.2) is 0 Å². The Morgan fingerprint density at radius 3 is 0.912 bits per heavy atom. The summed E-state index contributed by atoms with van der Waals surface area (Å²) in [6.07, 6.45) is 0. The van der Waals surface area contributed by atoms with E-state index in [0.717, 1.165) is 39.2 Å². The molecule has 0 atom stereocenters. The number of hydrogen-bond acceptors (Lipinski definition) is 8. The van der Waals surface area contributed by atoms with Gasteiger partial charge in [0, 0.05) is 0 Å². The summed E-state index contributed by atoms with van der Waals surface area (Å²) in [5.74, 6) is 1.83. The first-order valence-corrected chi connectivity index (χ1v) is 13.5. The molecule has 5 rings (SSSR count). The summed E-state index contributed by atoms with van der Waals surface area (Å²) in [6.45, 7) is 0. The van der Waals surface area contributed by atoms with Crippen molar-refractivity contribution in [3.05, 3.63) is 72.8 Å². The van der Waals surface area contributed by atoms with Crippen molar-refractivity contribution in [2.75, 3.05) is 14.2 Å². The first-order valence-electron chi connectivity index (χ1n) is 10.3. The Morgan fingerprint density at radius 2 is 0.676 bits per heavy atom. The lowest BCUT2D eigenvalue weighted by Gasteiger charge is -2.17. The summed E-state index contributed by atoms with van der Waals surface area (Å²) in [7, 11) is 3.28. The van der Waals surface area contributed by atoms with Crippen LogP contribution in [0.2, 0.25) is 0 Å². The third kappa shape index (κ3) is 4.43. The molecular weight excluding hydrogens is 505 g/mol. The van der Waals surface area contributed by atoms with E-state index in [0.29, 0.717) is 11.5 Å². The second-order valence-corrected chi connectivity index (χ2v) is 11.5. The van der Waals surface area contributed by atoms with Gasteiger partial charge in [-0.05, 0) is 48.5 Å². The topological polar surface area (TPSA) is 58.9 Å². The number of fused-ring (bicyclic) bond motifs is 8. The largest absolute Gasteiger partial charge is 0.506 e. The summed E-state index contributed by atoms with van der Waals surface area (Å²) >= 11 is 5.78. The maximum atomic E-state index is 11.1. The molecule has 0 saturated heterocycles. The first-order chi connectivity index (χ1) is 16.6. The molecule has 8 heteroatoms. The van der Waals surface area contributed by atoms with Crippen LogP contribution in [0.25, 0.3) is 0 Å². The Morgan fingerprint density at radius 1 is 0.441 bits per heavy atom. The lowest BCUT2D eigenvalue weighted by Crippen LogP contribution is -1.92. The third-order valence-corrected chi connectivity index (χ3v) is 9.46. The molecule has 0 unspecified atom stereocenters. The summed E-state index contributed by atoms with van der Waals surface area (Å²) in [6, 6.07) is 23.2. The summed E-state index contributed by atoms with van der Waals surface area (Å²) in [4.78, 5) is 6.42. The smallest absolute Gasteiger partial charge is 0.146 e. The highest BCUT2D eigenvalue weighted by molar-refractivity contribution is 8.01. The van der Waals surface area contributed by atoms with Gasteiger partial charge in [-0.15, -0.1) is 0 Å². The van der Waals surface area contributed by atoms with Crippen LogP contribution >= 0.6 is 47.0 Å². The number of phenolic OH excluding ortho intramolecular Hbond substituents is 2. The average molecular weight is 525 g/mol. The van der Waals surface area contributed by atoms with Gasteiger partial charge < -0.3 is 19.7 Å². The van der Waals surface area contributed by atoms with Crippen LogP contribution in [0.5, 0.6) is 23.0 Å². The van der Waals surface area contributed by atoms with E-state index in [1.54, 1.807) is 14.2 Å². The number of hydrogen-bond donors (Lipinski definition) is 2. The van der Waals surface area contributed by atoms with Crippen molar-refractivity contribution in [2.24, 2.45) is 0 Å². The van der Waals surface area contributed by atoms with Crippen molar-refractivity contribution in [2.45, 2.75) is 39.2 Å². The van der Waals surface area contributed by atoms with E-state index in [1.165, 1.54) is 47.0 Å². The highest BCUT2D eigenvalue weighted by Crippen LogP contribution is 2.52. The van der Waals surface area contributed by atoms with Crippen molar-refractivity contribution < 1.29 is 19.7 Å². The molecule has 0 saturated carbocycles. The zero-order chi connectivity index (χ0) is 23.7. The van der Waals surface area contributed by atoms with Gasteiger partial charge in [-0.2, -0.15) is 0 Å².